The van der Waals surface area contributed by atoms with Gasteiger partial charge in [0.25, 0.3) is 0 Å². The molecule has 1 heterocycles. The van der Waals surface area contributed by atoms with E-state index in [9.17, 15) is 9.90 Å². The quantitative estimate of drug-likeness (QED) is 0.885. The number of carbonyl (C=O) groups is 1. The Morgan fingerprint density at radius 1 is 1.32 bits per heavy atom. The highest BCUT2D eigenvalue weighted by Crippen LogP contribution is 2.41. The number of carboxylic acids is 1. The van der Waals surface area contributed by atoms with E-state index in [1.165, 1.54) is 0 Å². The second-order valence-electron chi connectivity index (χ2n) is 5.25. The van der Waals surface area contributed by atoms with Crippen LogP contribution in [0.3, 0.4) is 0 Å². The first-order valence-corrected chi connectivity index (χ1v) is 6.08. The first-order chi connectivity index (χ1) is 8.95. The van der Waals surface area contributed by atoms with Crippen LogP contribution in [0.25, 0.3) is 0 Å². The lowest BCUT2D eigenvalue weighted by Gasteiger charge is -2.20. The first kappa shape index (κ1) is 13.7. The molecule has 1 N–H and O–H groups in total. The van der Waals surface area contributed by atoms with Gasteiger partial charge in [0, 0.05) is 12.7 Å². The third-order valence-electron chi connectivity index (χ3n) is 3.19. The van der Waals surface area contributed by atoms with Gasteiger partial charge >= 0.3 is 5.97 Å². The van der Waals surface area contributed by atoms with Gasteiger partial charge in [0.05, 0.1) is 12.0 Å². The molecule has 5 nitrogen and oxygen atoms in total. The minimum atomic E-state index is -0.845. The smallest absolute Gasteiger partial charge is 0.309 e. The van der Waals surface area contributed by atoms with Gasteiger partial charge in [0.15, 0.2) is 11.5 Å². The molecule has 5 heteroatoms. The summed E-state index contributed by atoms with van der Waals surface area (Å²) >= 11 is 0. The number of aliphatic carboxylic acids is 1. The van der Waals surface area contributed by atoms with Crippen molar-refractivity contribution in [1.82, 2.24) is 0 Å². The van der Waals surface area contributed by atoms with E-state index in [0.29, 0.717) is 24.5 Å². The normalized spacial score (nSPS) is 13.6. The third kappa shape index (κ3) is 2.66. The van der Waals surface area contributed by atoms with Crippen molar-refractivity contribution in [3.05, 3.63) is 23.3 Å². The Morgan fingerprint density at radius 3 is 2.47 bits per heavy atom. The number of carboxylic acid groups (broad SMARTS) is 1. The summed E-state index contributed by atoms with van der Waals surface area (Å²) in [5.41, 5.74) is 0.911. The summed E-state index contributed by atoms with van der Waals surface area (Å²) in [6.45, 7) is 3.99. The third-order valence-corrected chi connectivity index (χ3v) is 3.19. The second-order valence-corrected chi connectivity index (χ2v) is 5.25. The Hall–Kier alpha value is -1.75. The van der Waals surface area contributed by atoms with Crippen molar-refractivity contribution in [2.24, 2.45) is 5.41 Å². The summed E-state index contributed by atoms with van der Waals surface area (Å²) in [5, 5.41) is 9.20. The topological polar surface area (TPSA) is 65.0 Å². The number of hydrogen-bond donors (Lipinski definition) is 1. The maximum Gasteiger partial charge on any atom is 0.309 e. The number of rotatable bonds is 5. The van der Waals surface area contributed by atoms with Crippen molar-refractivity contribution in [1.29, 1.82) is 0 Å². The van der Waals surface area contributed by atoms with E-state index in [1.807, 2.05) is 12.1 Å². The molecule has 0 spiro atoms. The van der Waals surface area contributed by atoms with E-state index in [0.717, 1.165) is 11.1 Å². The summed E-state index contributed by atoms with van der Waals surface area (Å²) in [6.07, 6.45) is 0.390. The minimum absolute atomic E-state index is 0.163. The largest absolute Gasteiger partial charge is 0.481 e. The molecule has 2 rings (SSSR count). The van der Waals surface area contributed by atoms with Gasteiger partial charge in [-0.25, -0.2) is 0 Å². The Bertz CT molecular complexity index is 493. The zero-order valence-electron chi connectivity index (χ0n) is 11.4. The molecular formula is C14H18O5. The van der Waals surface area contributed by atoms with E-state index < -0.39 is 11.4 Å². The van der Waals surface area contributed by atoms with Gasteiger partial charge in [-0.05, 0) is 25.8 Å². The van der Waals surface area contributed by atoms with Gasteiger partial charge in [-0.2, -0.15) is 0 Å². The maximum atomic E-state index is 11.2. The molecule has 1 aromatic rings. The van der Waals surface area contributed by atoms with Crippen LogP contribution < -0.4 is 9.47 Å². The molecule has 0 fully saturated rings. The van der Waals surface area contributed by atoms with Gasteiger partial charge < -0.3 is 19.3 Å². The van der Waals surface area contributed by atoms with E-state index in [1.54, 1.807) is 21.0 Å². The first-order valence-electron chi connectivity index (χ1n) is 6.08. The zero-order valence-corrected chi connectivity index (χ0v) is 11.4. The standard InChI is InChI=1S/C14H18O5/c1-14(2,13(15)16)6-9-4-5-10(7-17-3)12-11(9)18-8-19-12/h4-5H,6-8H2,1-3H3,(H,15,16). The van der Waals surface area contributed by atoms with Crippen LogP contribution in [0.5, 0.6) is 11.5 Å². The van der Waals surface area contributed by atoms with Gasteiger partial charge in [-0.3, -0.25) is 4.79 Å². The summed E-state index contributed by atoms with van der Waals surface area (Å²) in [5.74, 6) is 0.477. The number of fused-ring (bicyclic) bond motifs is 1. The molecule has 0 unspecified atom stereocenters. The van der Waals surface area contributed by atoms with Crippen molar-refractivity contribution < 1.29 is 24.1 Å². The molecule has 0 radical (unpaired) electrons. The summed E-state index contributed by atoms with van der Waals surface area (Å²) in [4.78, 5) is 11.2. The van der Waals surface area contributed by atoms with Crippen molar-refractivity contribution in [3.8, 4) is 11.5 Å². The Labute approximate surface area is 112 Å². The lowest BCUT2D eigenvalue weighted by molar-refractivity contribution is -0.146. The Balaban J connectivity index is 2.33. The molecule has 104 valence electrons. The molecule has 0 aromatic heterocycles. The predicted octanol–water partition coefficient (Wildman–Crippen LogP) is 2.21. The molecular weight excluding hydrogens is 248 g/mol. The van der Waals surface area contributed by atoms with Gasteiger partial charge in [-0.15, -0.1) is 0 Å². The summed E-state index contributed by atoms with van der Waals surface area (Å²) < 4.78 is 16.0. The van der Waals surface area contributed by atoms with Crippen LogP contribution in [-0.2, 0) is 22.6 Å². The van der Waals surface area contributed by atoms with E-state index in [2.05, 4.69) is 0 Å². The molecule has 0 amide bonds. The lowest BCUT2D eigenvalue weighted by atomic mass is 9.85. The Morgan fingerprint density at radius 2 is 1.89 bits per heavy atom. The average molecular weight is 266 g/mol. The highest BCUT2D eigenvalue weighted by molar-refractivity contribution is 5.74. The lowest BCUT2D eigenvalue weighted by Crippen LogP contribution is -2.26. The van der Waals surface area contributed by atoms with Gasteiger partial charge in [0.2, 0.25) is 6.79 Å². The monoisotopic (exact) mass is 266 g/mol. The van der Waals surface area contributed by atoms with Crippen molar-refractivity contribution in [2.75, 3.05) is 13.9 Å². The molecule has 1 aliphatic rings. The second kappa shape index (κ2) is 5.09. The molecule has 0 saturated heterocycles. The van der Waals surface area contributed by atoms with Crippen molar-refractivity contribution in [3.63, 3.8) is 0 Å². The number of benzene rings is 1. The summed E-state index contributed by atoms with van der Waals surface area (Å²) in [7, 11) is 1.61. The van der Waals surface area contributed by atoms with Crippen LogP contribution in [0.15, 0.2) is 12.1 Å². The highest BCUT2D eigenvalue weighted by atomic mass is 16.7. The molecule has 0 atom stereocenters. The molecule has 1 aromatic carbocycles. The van der Waals surface area contributed by atoms with Crippen LogP contribution in [0.4, 0.5) is 0 Å². The predicted molar refractivity (Wildman–Crippen MR) is 68.4 cm³/mol. The van der Waals surface area contributed by atoms with Crippen LogP contribution in [-0.4, -0.2) is 25.0 Å². The number of hydrogen-bond acceptors (Lipinski definition) is 4. The molecule has 0 saturated carbocycles. The van der Waals surface area contributed by atoms with Crippen LogP contribution in [0.1, 0.15) is 25.0 Å². The maximum absolute atomic E-state index is 11.2. The molecule has 19 heavy (non-hydrogen) atoms. The fourth-order valence-electron chi connectivity index (χ4n) is 2.07. The zero-order chi connectivity index (χ0) is 14.0. The van der Waals surface area contributed by atoms with Gasteiger partial charge in [0.1, 0.15) is 0 Å². The average Bonchev–Trinajstić information content (AvgIpc) is 2.81. The number of ether oxygens (including phenoxy) is 3. The summed E-state index contributed by atoms with van der Waals surface area (Å²) in [6, 6.07) is 3.77. The fraction of sp³-hybridized carbons (Fsp3) is 0.500. The highest BCUT2D eigenvalue weighted by Gasteiger charge is 2.31. The number of methoxy groups -OCH3 is 1. The van der Waals surface area contributed by atoms with E-state index >= 15 is 0 Å². The molecule has 1 aliphatic heterocycles. The van der Waals surface area contributed by atoms with E-state index in [-0.39, 0.29) is 6.79 Å². The molecule has 0 bridgehead atoms. The SMILES string of the molecule is COCc1ccc(CC(C)(C)C(=O)O)c2c1OCO2. The van der Waals surface area contributed by atoms with E-state index in [4.69, 9.17) is 14.2 Å². The fourth-order valence-corrected chi connectivity index (χ4v) is 2.07. The van der Waals surface area contributed by atoms with Crippen LogP contribution in [0, 0.1) is 5.41 Å². The molecule has 0 aliphatic carbocycles. The Kier molecular flexibility index (Phi) is 3.66. The van der Waals surface area contributed by atoms with Crippen LogP contribution in [0.2, 0.25) is 0 Å². The van der Waals surface area contributed by atoms with Gasteiger partial charge in [-0.1, -0.05) is 12.1 Å². The van der Waals surface area contributed by atoms with Crippen molar-refractivity contribution >= 4 is 5.97 Å². The van der Waals surface area contributed by atoms with Crippen molar-refractivity contribution in [2.45, 2.75) is 26.9 Å². The minimum Gasteiger partial charge on any atom is -0.481 e. The van der Waals surface area contributed by atoms with Crippen LogP contribution >= 0.6 is 0 Å².